The number of anilines is 1. The van der Waals surface area contributed by atoms with Crippen molar-refractivity contribution in [2.75, 3.05) is 31.9 Å². The number of nitrogens with one attached hydrogen (secondary N) is 2. The third-order valence-corrected chi connectivity index (χ3v) is 12.8. The average molecular weight is 792 g/mol. The number of pyridine rings is 1. The van der Waals surface area contributed by atoms with Crippen molar-refractivity contribution >= 4 is 40.7 Å². The van der Waals surface area contributed by atoms with Gasteiger partial charge in [-0.25, -0.2) is 4.98 Å². The molecule has 288 valence electrons. The zero-order chi connectivity index (χ0) is 38.5. The number of carbonyl (C=O) groups excluding carboxylic acids is 2. The fraction of sp³-hybridized carbons (Fsp3) is 0.405. The number of aromatic nitrogens is 1. The van der Waals surface area contributed by atoms with Crippen molar-refractivity contribution in [2.24, 2.45) is 5.41 Å². The van der Waals surface area contributed by atoms with Gasteiger partial charge in [0.25, 0.3) is 0 Å². The van der Waals surface area contributed by atoms with Crippen molar-refractivity contribution < 1.29 is 33.3 Å². The molecule has 2 amide bonds. The molecule has 0 radical (unpaired) electrons. The first kappa shape index (κ1) is 37.9. The first-order valence-corrected chi connectivity index (χ1v) is 19.3. The smallest absolute Gasteiger partial charge is 0.238 e. The number of likely N-dealkylation sites (tertiary alicyclic amines) is 1. The number of amides is 2. The second-order valence-corrected chi connectivity index (χ2v) is 16.3. The number of aliphatic hydroxyl groups excluding tert-OH is 2. The Morgan fingerprint density at radius 3 is 2.29 bits per heavy atom. The third kappa shape index (κ3) is 6.06. The molecule has 4 N–H and O–H groups in total. The van der Waals surface area contributed by atoms with Gasteiger partial charge in [0.2, 0.25) is 11.8 Å². The zero-order valence-electron chi connectivity index (χ0n) is 29.9. The molecule has 1 saturated carbocycles. The van der Waals surface area contributed by atoms with E-state index in [-0.39, 0.29) is 37.3 Å². The van der Waals surface area contributed by atoms with Gasteiger partial charge in [-0.05, 0) is 72.2 Å². The maximum absolute atomic E-state index is 15.5. The van der Waals surface area contributed by atoms with Crippen LogP contribution in [-0.2, 0) is 19.7 Å². The first-order chi connectivity index (χ1) is 26.6. The Kier molecular flexibility index (Phi) is 10.2. The summed E-state index contributed by atoms with van der Waals surface area (Å²) in [5.74, 6) is -1.93. The molecule has 4 aromatic rings. The average Bonchev–Trinajstić information content (AvgIpc) is 3.63. The Bertz CT molecular complexity index is 2040. The van der Waals surface area contributed by atoms with Gasteiger partial charge in [-0.3, -0.25) is 23.3 Å². The van der Waals surface area contributed by atoms with Crippen LogP contribution in [0.25, 0.3) is 0 Å². The van der Waals surface area contributed by atoms with Gasteiger partial charge >= 0.3 is 0 Å². The molecule has 2 spiro atoms. The van der Waals surface area contributed by atoms with Gasteiger partial charge in [0, 0.05) is 33.8 Å². The molecule has 3 aromatic carbocycles. The lowest BCUT2D eigenvalue weighted by Crippen LogP contribution is -2.72. The molecule has 2 saturated heterocycles. The van der Waals surface area contributed by atoms with Crippen molar-refractivity contribution in [2.45, 2.75) is 72.9 Å². The monoisotopic (exact) mass is 790 g/mol. The Morgan fingerprint density at radius 1 is 0.982 bits per heavy atom. The Balaban J connectivity index is 1.43. The Hall–Kier alpha value is -3.97. The summed E-state index contributed by atoms with van der Waals surface area (Å²) in [7, 11) is 0. The minimum Gasteiger partial charge on any atom is -0.394 e. The van der Waals surface area contributed by atoms with Crippen LogP contribution < -0.4 is 10.6 Å². The molecule has 1 aliphatic carbocycles. The van der Waals surface area contributed by atoms with Crippen LogP contribution >= 0.6 is 23.2 Å². The van der Waals surface area contributed by atoms with Crippen LogP contribution in [0.3, 0.4) is 0 Å². The van der Waals surface area contributed by atoms with E-state index in [1.54, 1.807) is 42.5 Å². The second kappa shape index (κ2) is 14.8. The van der Waals surface area contributed by atoms with Crippen LogP contribution in [0.2, 0.25) is 10.2 Å². The number of nitrogens with zero attached hydrogens (tertiary/aromatic N) is 2. The molecule has 2 unspecified atom stereocenters. The number of hydrogen-bond donors (Lipinski definition) is 4. The van der Waals surface area contributed by atoms with E-state index in [0.717, 1.165) is 0 Å². The molecule has 3 aliphatic heterocycles. The summed E-state index contributed by atoms with van der Waals surface area (Å²) in [5.41, 5.74) is -1.90. The highest BCUT2D eigenvalue weighted by Crippen LogP contribution is 2.74. The highest BCUT2D eigenvalue weighted by molar-refractivity contribution is 6.31. The van der Waals surface area contributed by atoms with E-state index in [9.17, 15) is 10.2 Å². The Morgan fingerprint density at radius 2 is 1.67 bits per heavy atom. The summed E-state index contributed by atoms with van der Waals surface area (Å²) >= 11 is 13.1. The van der Waals surface area contributed by atoms with Gasteiger partial charge in [0.15, 0.2) is 0 Å². The van der Waals surface area contributed by atoms with Crippen LogP contribution in [0.4, 0.5) is 14.5 Å². The number of hydrogen-bond acceptors (Lipinski definition) is 7. The normalized spacial score (nSPS) is 27.6. The largest absolute Gasteiger partial charge is 0.394 e. The number of halogens is 4. The quantitative estimate of drug-likeness (QED) is 0.133. The number of rotatable bonds is 10. The predicted molar refractivity (Wildman–Crippen MR) is 204 cm³/mol. The lowest BCUT2D eigenvalue weighted by atomic mass is 9.45. The van der Waals surface area contributed by atoms with E-state index in [1.807, 2.05) is 53.4 Å². The molecule has 9 nitrogen and oxygen atoms in total. The number of carbonyl (C=O) groups is 2. The van der Waals surface area contributed by atoms with Gasteiger partial charge in [-0.15, -0.1) is 0 Å². The van der Waals surface area contributed by atoms with Crippen LogP contribution in [0.5, 0.6) is 0 Å². The van der Waals surface area contributed by atoms with Gasteiger partial charge < -0.3 is 25.6 Å². The standard InChI is InChI=1S/C42H42Cl2F2N4O5/c43-28-11-14-31-32(18-28)49-39(54)42(31)34(27-15-16-47-33(44)17-27)36(38(53)48-29-12-13-30(19-51)55-20-29)50(41(42)21-40(22-41,23-45)24-46)35(25-7-3-1-4-8-25)37(52)26-9-5-2-6-10-26/h1-11,14-18,29-30,34-37,51-52H,12-13,19-24H2,(H,48,53)(H,49,54)/t29?,30-,34-,35+,36+,37-,42?/m0/s1. The molecule has 3 fully saturated rings. The highest BCUT2D eigenvalue weighted by atomic mass is 35.5. The second-order valence-electron chi connectivity index (χ2n) is 15.5. The number of benzene rings is 3. The van der Waals surface area contributed by atoms with Gasteiger partial charge in [0.1, 0.15) is 10.6 Å². The molecule has 4 aliphatic rings. The first-order valence-electron chi connectivity index (χ1n) is 18.6. The fourth-order valence-corrected chi connectivity index (χ4v) is 10.6. The molecular formula is C42H42Cl2F2N4O5. The Labute approximate surface area is 328 Å². The molecule has 8 rings (SSSR count). The summed E-state index contributed by atoms with van der Waals surface area (Å²) in [6.07, 6.45) is 0.641. The van der Waals surface area contributed by atoms with Gasteiger partial charge in [-0.1, -0.05) is 89.9 Å². The van der Waals surface area contributed by atoms with Crippen molar-refractivity contribution in [1.29, 1.82) is 0 Å². The van der Waals surface area contributed by atoms with Crippen LogP contribution in [0.1, 0.15) is 66.0 Å². The maximum Gasteiger partial charge on any atom is 0.238 e. The molecule has 0 bridgehead atoms. The minimum absolute atomic E-state index is 0.129. The lowest BCUT2D eigenvalue weighted by molar-refractivity contribution is -0.166. The summed E-state index contributed by atoms with van der Waals surface area (Å²) < 4.78 is 36.4. The van der Waals surface area contributed by atoms with E-state index < -0.39 is 71.7 Å². The molecular weight excluding hydrogens is 749 g/mol. The number of fused-ring (bicyclic) bond motifs is 3. The van der Waals surface area contributed by atoms with E-state index in [4.69, 9.17) is 27.9 Å². The third-order valence-electron chi connectivity index (χ3n) is 12.4. The van der Waals surface area contributed by atoms with Crippen LogP contribution in [-0.4, -0.2) is 82.2 Å². The zero-order valence-corrected chi connectivity index (χ0v) is 31.4. The maximum atomic E-state index is 15.5. The summed E-state index contributed by atoms with van der Waals surface area (Å²) in [5, 5.41) is 29.2. The number of alkyl halides is 2. The van der Waals surface area contributed by atoms with Gasteiger partial charge in [0.05, 0.1) is 56.9 Å². The van der Waals surface area contributed by atoms with Crippen molar-refractivity contribution in [3.05, 3.63) is 130 Å². The number of ether oxygens (including phenoxy) is 1. The van der Waals surface area contributed by atoms with Crippen LogP contribution in [0, 0.1) is 5.41 Å². The summed E-state index contributed by atoms with van der Waals surface area (Å²) in [6.45, 7) is -1.98. The van der Waals surface area contributed by atoms with E-state index in [2.05, 4.69) is 15.6 Å². The predicted octanol–water partition coefficient (Wildman–Crippen LogP) is 6.64. The van der Waals surface area contributed by atoms with Crippen molar-refractivity contribution in [1.82, 2.24) is 15.2 Å². The molecule has 4 heterocycles. The molecule has 13 heteroatoms. The van der Waals surface area contributed by atoms with Crippen LogP contribution in [0.15, 0.2) is 97.2 Å². The topological polar surface area (TPSA) is 124 Å². The SMILES string of the molecule is O=C(NC1CC[C@@H](CO)OC1)[C@H]1[C@H](c2ccnc(Cl)c2)C2(C(=O)Nc3cc(Cl)ccc32)C2(CC(CF)(CF)C2)N1[C@H](c1ccccc1)[C@@H](O)c1ccccc1. The van der Waals surface area contributed by atoms with E-state index >= 15 is 18.4 Å². The van der Waals surface area contributed by atoms with E-state index in [1.165, 1.54) is 6.20 Å². The summed E-state index contributed by atoms with van der Waals surface area (Å²) in [6, 6.07) is 24.0. The lowest BCUT2D eigenvalue weighted by Gasteiger charge is -2.63. The van der Waals surface area contributed by atoms with E-state index in [0.29, 0.717) is 45.8 Å². The molecule has 1 aromatic heterocycles. The molecule has 7 atom stereocenters. The minimum atomic E-state index is -1.65. The molecule has 55 heavy (non-hydrogen) atoms. The van der Waals surface area contributed by atoms with Crippen molar-refractivity contribution in [3.8, 4) is 0 Å². The fourth-order valence-electron chi connectivity index (χ4n) is 10.2. The van der Waals surface area contributed by atoms with Gasteiger partial charge in [-0.2, -0.15) is 0 Å². The highest BCUT2D eigenvalue weighted by Gasteiger charge is 2.81. The number of aliphatic hydroxyl groups is 2. The summed E-state index contributed by atoms with van der Waals surface area (Å²) in [4.78, 5) is 37.0. The van der Waals surface area contributed by atoms with Crippen molar-refractivity contribution in [3.63, 3.8) is 0 Å².